The minimum atomic E-state index is -0.334. The molecule has 1 N–H and O–H groups in total. The lowest BCUT2D eigenvalue weighted by atomic mass is 10.2. The van der Waals surface area contributed by atoms with E-state index in [-0.39, 0.29) is 24.3 Å². The Morgan fingerprint density at radius 2 is 2.05 bits per heavy atom. The molecule has 6 nitrogen and oxygen atoms in total. The highest BCUT2D eigenvalue weighted by Gasteiger charge is 2.21. The van der Waals surface area contributed by atoms with Crippen molar-refractivity contribution in [1.29, 1.82) is 0 Å². The zero-order valence-electron chi connectivity index (χ0n) is 12.0. The SMILES string of the molecule is C=CCNC(=O)C(C)N(CCOC)CCC(=O)OC. The monoisotopic (exact) mass is 272 g/mol. The Bertz CT molecular complexity index is 294. The predicted octanol–water partition coefficient (Wildman–Crippen LogP) is 0.189. The van der Waals surface area contributed by atoms with Crippen LogP contribution >= 0.6 is 0 Å². The van der Waals surface area contributed by atoms with Crippen LogP contribution in [-0.4, -0.2) is 63.3 Å². The lowest BCUT2D eigenvalue weighted by Crippen LogP contribution is -2.47. The van der Waals surface area contributed by atoms with Gasteiger partial charge in [0.1, 0.15) is 0 Å². The predicted molar refractivity (Wildman–Crippen MR) is 72.8 cm³/mol. The van der Waals surface area contributed by atoms with Gasteiger partial charge in [-0.25, -0.2) is 0 Å². The summed E-state index contributed by atoms with van der Waals surface area (Å²) in [4.78, 5) is 24.9. The maximum Gasteiger partial charge on any atom is 0.306 e. The first kappa shape index (κ1) is 17.6. The van der Waals surface area contributed by atoms with Gasteiger partial charge in [0.2, 0.25) is 5.91 Å². The number of hydrogen-bond donors (Lipinski definition) is 1. The second kappa shape index (κ2) is 10.5. The molecule has 0 fully saturated rings. The lowest BCUT2D eigenvalue weighted by Gasteiger charge is -2.27. The van der Waals surface area contributed by atoms with Gasteiger partial charge in [0.25, 0.3) is 0 Å². The second-order valence-electron chi connectivity index (χ2n) is 4.06. The summed E-state index contributed by atoms with van der Waals surface area (Å²) >= 11 is 0. The summed E-state index contributed by atoms with van der Waals surface area (Å²) < 4.78 is 9.61. The standard InChI is InChI=1S/C13H24N2O4/c1-5-7-14-13(17)11(2)15(9-10-18-3)8-6-12(16)19-4/h5,11H,1,6-10H2,2-4H3,(H,14,17). The van der Waals surface area contributed by atoms with Crippen LogP contribution in [0.3, 0.4) is 0 Å². The fraction of sp³-hybridized carbons (Fsp3) is 0.692. The number of nitrogens with one attached hydrogen (secondary N) is 1. The Morgan fingerprint density at radius 1 is 1.37 bits per heavy atom. The maximum absolute atomic E-state index is 11.9. The molecule has 1 atom stereocenters. The van der Waals surface area contributed by atoms with Gasteiger partial charge in [-0.05, 0) is 6.92 Å². The Labute approximate surface area is 114 Å². The maximum atomic E-state index is 11.9. The number of rotatable bonds is 10. The van der Waals surface area contributed by atoms with Crippen LogP contribution in [0, 0.1) is 0 Å². The summed E-state index contributed by atoms with van der Waals surface area (Å²) in [6, 6.07) is -0.334. The lowest BCUT2D eigenvalue weighted by molar-refractivity contribution is -0.141. The molecule has 0 aliphatic rings. The molecule has 0 spiro atoms. The van der Waals surface area contributed by atoms with E-state index in [1.807, 2.05) is 4.90 Å². The topological polar surface area (TPSA) is 67.9 Å². The average Bonchev–Trinajstić information content (AvgIpc) is 2.43. The van der Waals surface area contributed by atoms with Gasteiger partial charge < -0.3 is 14.8 Å². The van der Waals surface area contributed by atoms with Crippen molar-refractivity contribution in [3.8, 4) is 0 Å². The van der Waals surface area contributed by atoms with Crippen molar-refractivity contribution in [3.63, 3.8) is 0 Å². The molecular weight excluding hydrogens is 248 g/mol. The Hall–Kier alpha value is -1.40. The minimum absolute atomic E-state index is 0.0964. The highest BCUT2D eigenvalue weighted by molar-refractivity contribution is 5.81. The molecule has 110 valence electrons. The van der Waals surface area contributed by atoms with E-state index in [2.05, 4.69) is 16.6 Å². The van der Waals surface area contributed by atoms with Gasteiger partial charge >= 0.3 is 5.97 Å². The third-order valence-corrected chi connectivity index (χ3v) is 2.76. The van der Waals surface area contributed by atoms with E-state index in [1.165, 1.54) is 7.11 Å². The first-order valence-electron chi connectivity index (χ1n) is 6.25. The summed E-state index contributed by atoms with van der Waals surface area (Å²) in [6.07, 6.45) is 1.87. The quantitative estimate of drug-likeness (QED) is 0.454. The Kier molecular flexibility index (Phi) is 9.74. The van der Waals surface area contributed by atoms with Gasteiger partial charge in [-0.15, -0.1) is 6.58 Å². The van der Waals surface area contributed by atoms with Gasteiger partial charge in [-0.3, -0.25) is 14.5 Å². The molecule has 0 saturated heterocycles. The van der Waals surface area contributed by atoms with Gasteiger partial charge in [-0.1, -0.05) is 6.08 Å². The van der Waals surface area contributed by atoms with Crippen molar-refractivity contribution in [2.45, 2.75) is 19.4 Å². The van der Waals surface area contributed by atoms with Crippen molar-refractivity contribution in [1.82, 2.24) is 10.2 Å². The number of carbonyl (C=O) groups excluding carboxylic acids is 2. The largest absolute Gasteiger partial charge is 0.469 e. The van der Waals surface area contributed by atoms with E-state index in [4.69, 9.17) is 4.74 Å². The Morgan fingerprint density at radius 3 is 2.58 bits per heavy atom. The zero-order valence-corrected chi connectivity index (χ0v) is 12.0. The number of amides is 1. The molecule has 0 saturated carbocycles. The van der Waals surface area contributed by atoms with Crippen molar-refractivity contribution < 1.29 is 19.1 Å². The van der Waals surface area contributed by atoms with E-state index in [0.717, 1.165) is 0 Å². The van der Waals surface area contributed by atoms with Gasteiger partial charge in [0.05, 0.1) is 26.2 Å². The zero-order chi connectivity index (χ0) is 14.7. The fourth-order valence-corrected chi connectivity index (χ4v) is 1.53. The van der Waals surface area contributed by atoms with Crippen molar-refractivity contribution in [3.05, 3.63) is 12.7 Å². The van der Waals surface area contributed by atoms with Crippen LogP contribution in [0.4, 0.5) is 0 Å². The number of hydrogen-bond acceptors (Lipinski definition) is 5. The summed E-state index contributed by atoms with van der Waals surface area (Å²) in [5.41, 5.74) is 0. The van der Waals surface area contributed by atoms with Gasteiger partial charge in [0.15, 0.2) is 0 Å². The summed E-state index contributed by atoms with van der Waals surface area (Å²) in [6.45, 7) is 7.31. The molecular formula is C13H24N2O4. The molecule has 0 aromatic heterocycles. The normalized spacial score (nSPS) is 12.0. The van der Waals surface area contributed by atoms with E-state index in [0.29, 0.717) is 26.2 Å². The highest BCUT2D eigenvalue weighted by atomic mass is 16.5. The third kappa shape index (κ3) is 7.58. The number of esters is 1. The van der Waals surface area contributed by atoms with Crippen LogP contribution in [0.5, 0.6) is 0 Å². The number of carbonyl (C=O) groups is 2. The molecule has 1 amide bonds. The van der Waals surface area contributed by atoms with Crippen LogP contribution in [-0.2, 0) is 19.1 Å². The molecule has 19 heavy (non-hydrogen) atoms. The Balaban J connectivity index is 4.40. The molecule has 0 aromatic rings. The van der Waals surface area contributed by atoms with E-state index in [1.54, 1.807) is 20.1 Å². The molecule has 1 unspecified atom stereocenters. The number of methoxy groups -OCH3 is 2. The molecule has 0 bridgehead atoms. The molecule has 6 heteroatoms. The first-order valence-corrected chi connectivity index (χ1v) is 6.25. The number of ether oxygens (including phenoxy) is 2. The van der Waals surface area contributed by atoms with Crippen LogP contribution in [0.25, 0.3) is 0 Å². The van der Waals surface area contributed by atoms with Gasteiger partial charge in [-0.2, -0.15) is 0 Å². The third-order valence-electron chi connectivity index (χ3n) is 2.76. The summed E-state index contributed by atoms with van der Waals surface area (Å²) in [5, 5.41) is 2.73. The van der Waals surface area contributed by atoms with Gasteiger partial charge in [0, 0.05) is 26.7 Å². The molecule has 0 rings (SSSR count). The van der Waals surface area contributed by atoms with Crippen LogP contribution in [0.1, 0.15) is 13.3 Å². The minimum Gasteiger partial charge on any atom is -0.469 e. The van der Waals surface area contributed by atoms with E-state index >= 15 is 0 Å². The smallest absolute Gasteiger partial charge is 0.306 e. The fourth-order valence-electron chi connectivity index (χ4n) is 1.53. The molecule has 0 aliphatic carbocycles. The first-order chi connectivity index (χ1) is 9.06. The average molecular weight is 272 g/mol. The van der Waals surface area contributed by atoms with Crippen molar-refractivity contribution >= 4 is 11.9 Å². The molecule has 0 radical (unpaired) electrons. The summed E-state index contributed by atoms with van der Waals surface area (Å²) in [7, 11) is 2.95. The van der Waals surface area contributed by atoms with E-state index in [9.17, 15) is 9.59 Å². The van der Waals surface area contributed by atoms with Crippen LogP contribution in [0.15, 0.2) is 12.7 Å². The molecule has 0 aliphatic heterocycles. The highest BCUT2D eigenvalue weighted by Crippen LogP contribution is 2.02. The van der Waals surface area contributed by atoms with Crippen molar-refractivity contribution in [2.75, 3.05) is 40.5 Å². The van der Waals surface area contributed by atoms with Crippen LogP contribution < -0.4 is 5.32 Å². The van der Waals surface area contributed by atoms with E-state index < -0.39 is 0 Å². The van der Waals surface area contributed by atoms with Crippen LogP contribution in [0.2, 0.25) is 0 Å². The molecule has 0 aromatic carbocycles. The molecule has 0 heterocycles. The van der Waals surface area contributed by atoms with Crippen molar-refractivity contribution in [2.24, 2.45) is 0 Å². The summed E-state index contributed by atoms with van der Waals surface area (Å²) in [5.74, 6) is -0.387. The second-order valence-corrected chi connectivity index (χ2v) is 4.06. The number of nitrogens with zero attached hydrogens (tertiary/aromatic N) is 1.